The Morgan fingerprint density at radius 2 is 2.31 bits per heavy atom. The van der Waals surface area contributed by atoms with E-state index in [4.69, 9.17) is 11.6 Å². The number of amides is 1. The van der Waals surface area contributed by atoms with E-state index >= 15 is 0 Å². The summed E-state index contributed by atoms with van der Waals surface area (Å²) in [5.41, 5.74) is 1.83. The zero-order chi connectivity index (χ0) is 11.7. The predicted octanol–water partition coefficient (Wildman–Crippen LogP) is 0.314. The number of halogens is 1. The molecular formula is C10H15ClN4O. The minimum Gasteiger partial charge on any atom is -0.336 e. The molecule has 2 rings (SSSR count). The van der Waals surface area contributed by atoms with Gasteiger partial charge in [-0.25, -0.2) is 0 Å². The molecular weight excluding hydrogens is 228 g/mol. The van der Waals surface area contributed by atoms with Crippen LogP contribution in [-0.4, -0.2) is 40.2 Å². The summed E-state index contributed by atoms with van der Waals surface area (Å²) < 4.78 is 1.64. The number of aromatic nitrogens is 2. The topological polar surface area (TPSA) is 50.2 Å². The summed E-state index contributed by atoms with van der Waals surface area (Å²) in [7, 11) is 1.80. The maximum absolute atomic E-state index is 11.6. The molecule has 2 heterocycles. The van der Waals surface area contributed by atoms with Gasteiger partial charge in [-0.1, -0.05) is 11.6 Å². The standard InChI is InChI=1S/C10H15ClN4O/c1-7-8(10(11)14(2)13-7)6-15-4-3-12-5-9(15)16/h12H,3-6H2,1-2H3. The Balaban J connectivity index is 2.16. The Hall–Kier alpha value is -1.07. The fourth-order valence-corrected chi connectivity index (χ4v) is 2.09. The quantitative estimate of drug-likeness (QED) is 0.813. The van der Waals surface area contributed by atoms with Gasteiger partial charge in [-0.3, -0.25) is 9.48 Å². The van der Waals surface area contributed by atoms with Gasteiger partial charge in [0.15, 0.2) is 0 Å². The molecule has 6 heteroatoms. The Morgan fingerprint density at radius 1 is 1.56 bits per heavy atom. The van der Waals surface area contributed by atoms with Crippen molar-refractivity contribution in [1.82, 2.24) is 20.0 Å². The molecule has 1 aliphatic rings. The Labute approximate surface area is 99.4 Å². The minimum absolute atomic E-state index is 0.116. The molecule has 1 N–H and O–H groups in total. The number of nitrogens with one attached hydrogen (secondary N) is 1. The van der Waals surface area contributed by atoms with E-state index in [1.165, 1.54) is 0 Å². The molecule has 16 heavy (non-hydrogen) atoms. The first-order chi connectivity index (χ1) is 7.59. The second-order valence-corrected chi connectivity index (χ2v) is 4.33. The average molecular weight is 243 g/mol. The number of hydrogen-bond donors (Lipinski definition) is 1. The van der Waals surface area contributed by atoms with Gasteiger partial charge < -0.3 is 10.2 Å². The summed E-state index contributed by atoms with van der Waals surface area (Å²) in [6.45, 7) is 4.44. The fourth-order valence-electron chi connectivity index (χ4n) is 1.86. The lowest BCUT2D eigenvalue weighted by Gasteiger charge is -2.27. The van der Waals surface area contributed by atoms with Crippen LogP contribution in [-0.2, 0) is 18.4 Å². The van der Waals surface area contributed by atoms with E-state index in [1.807, 2.05) is 11.8 Å². The van der Waals surface area contributed by atoms with Crippen molar-refractivity contribution in [2.45, 2.75) is 13.5 Å². The molecule has 0 atom stereocenters. The Kier molecular flexibility index (Phi) is 3.16. The van der Waals surface area contributed by atoms with Crippen molar-refractivity contribution in [2.24, 2.45) is 7.05 Å². The van der Waals surface area contributed by atoms with E-state index in [0.29, 0.717) is 18.2 Å². The van der Waals surface area contributed by atoms with Crippen LogP contribution in [0.25, 0.3) is 0 Å². The summed E-state index contributed by atoms with van der Waals surface area (Å²) in [6.07, 6.45) is 0. The number of carbonyl (C=O) groups is 1. The van der Waals surface area contributed by atoms with Gasteiger partial charge in [-0.05, 0) is 6.92 Å². The monoisotopic (exact) mass is 242 g/mol. The van der Waals surface area contributed by atoms with Gasteiger partial charge in [0.1, 0.15) is 5.15 Å². The van der Waals surface area contributed by atoms with Gasteiger partial charge in [0.05, 0.1) is 18.8 Å². The first-order valence-electron chi connectivity index (χ1n) is 5.26. The molecule has 0 aliphatic carbocycles. The Morgan fingerprint density at radius 3 is 2.88 bits per heavy atom. The van der Waals surface area contributed by atoms with Crippen molar-refractivity contribution in [3.05, 3.63) is 16.4 Å². The molecule has 1 fully saturated rings. The molecule has 0 radical (unpaired) electrons. The average Bonchev–Trinajstić information content (AvgIpc) is 2.48. The number of carbonyl (C=O) groups excluding carboxylic acids is 1. The molecule has 1 aromatic heterocycles. The van der Waals surface area contributed by atoms with Crippen molar-refractivity contribution < 1.29 is 4.79 Å². The highest BCUT2D eigenvalue weighted by Crippen LogP contribution is 2.20. The minimum atomic E-state index is 0.116. The van der Waals surface area contributed by atoms with Crippen LogP contribution in [0.3, 0.4) is 0 Å². The maximum atomic E-state index is 11.6. The van der Waals surface area contributed by atoms with Crippen molar-refractivity contribution in [3.63, 3.8) is 0 Å². The first kappa shape index (κ1) is 11.4. The first-order valence-corrected chi connectivity index (χ1v) is 5.64. The lowest BCUT2D eigenvalue weighted by Crippen LogP contribution is -2.47. The highest BCUT2D eigenvalue weighted by molar-refractivity contribution is 6.30. The lowest BCUT2D eigenvalue weighted by atomic mass is 10.2. The third-order valence-electron chi connectivity index (χ3n) is 2.81. The van der Waals surface area contributed by atoms with E-state index in [2.05, 4.69) is 10.4 Å². The maximum Gasteiger partial charge on any atom is 0.236 e. The van der Waals surface area contributed by atoms with Gasteiger partial charge in [-0.2, -0.15) is 5.10 Å². The van der Waals surface area contributed by atoms with Crippen LogP contribution in [0.1, 0.15) is 11.3 Å². The van der Waals surface area contributed by atoms with Crippen LogP contribution in [0.15, 0.2) is 0 Å². The number of rotatable bonds is 2. The molecule has 0 unspecified atom stereocenters. The van der Waals surface area contributed by atoms with Gasteiger partial charge >= 0.3 is 0 Å². The molecule has 5 nitrogen and oxygen atoms in total. The molecule has 1 amide bonds. The second kappa shape index (κ2) is 4.43. The van der Waals surface area contributed by atoms with Gasteiger partial charge in [0, 0.05) is 25.7 Å². The van der Waals surface area contributed by atoms with Gasteiger partial charge in [-0.15, -0.1) is 0 Å². The molecule has 1 saturated heterocycles. The highest BCUT2D eigenvalue weighted by Gasteiger charge is 2.21. The summed E-state index contributed by atoms with van der Waals surface area (Å²) >= 11 is 6.13. The smallest absolute Gasteiger partial charge is 0.236 e. The van der Waals surface area contributed by atoms with Crippen LogP contribution >= 0.6 is 11.6 Å². The number of aryl methyl sites for hydroxylation is 2. The molecule has 0 aromatic carbocycles. The summed E-state index contributed by atoms with van der Waals surface area (Å²) in [5, 5.41) is 7.89. The molecule has 0 spiro atoms. The van der Waals surface area contributed by atoms with E-state index in [9.17, 15) is 4.79 Å². The normalized spacial score (nSPS) is 16.9. The molecule has 1 aliphatic heterocycles. The summed E-state index contributed by atoms with van der Waals surface area (Å²) in [5.74, 6) is 0.116. The molecule has 0 bridgehead atoms. The van der Waals surface area contributed by atoms with Crippen molar-refractivity contribution in [1.29, 1.82) is 0 Å². The van der Waals surface area contributed by atoms with Crippen LogP contribution in [0.4, 0.5) is 0 Å². The van der Waals surface area contributed by atoms with E-state index in [1.54, 1.807) is 11.7 Å². The SMILES string of the molecule is Cc1nn(C)c(Cl)c1CN1CCNCC1=O. The van der Waals surface area contributed by atoms with Gasteiger partial charge in [0.2, 0.25) is 5.91 Å². The summed E-state index contributed by atoms with van der Waals surface area (Å²) in [4.78, 5) is 13.4. The number of hydrogen-bond acceptors (Lipinski definition) is 3. The largest absolute Gasteiger partial charge is 0.336 e. The van der Waals surface area contributed by atoms with Crippen LogP contribution in [0.2, 0.25) is 5.15 Å². The van der Waals surface area contributed by atoms with Crippen molar-refractivity contribution in [3.8, 4) is 0 Å². The molecule has 88 valence electrons. The lowest BCUT2D eigenvalue weighted by molar-refractivity contribution is -0.132. The van der Waals surface area contributed by atoms with E-state index in [0.717, 1.165) is 24.3 Å². The third kappa shape index (κ3) is 2.05. The van der Waals surface area contributed by atoms with E-state index in [-0.39, 0.29) is 5.91 Å². The van der Waals surface area contributed by atoms with E-state index < -0.39 is 0 Å². The van der Waals surface area contributed by atoms with Crippen LogP contribution in [0.5, 0.6) is 0 Å². The Bertz CT molecular complexity index is 415. The second-order valence-electron chi connectivity index (χ2n) is 3.97. The number of nitrogens with zero attached hydrogens (tertiary/aromatic N) is 3. The van der Waals surface area contributed by atoms with Crippen molar-refractivity contribution in [2.75, 3.05) is 19.6 Å². The zero-order valence-corrected chi connectivity index (χ0v) is 10.2. The zero-order valence-electron chi connectivity index (χ0n) is 9.46. The molecule has 0 saturated carbocycles. The van der Waals surface area contributed by atoms with Crippen LogP contribution in [0, 0.1) is 6.92 Å². The summed E-state index contributed by atoms with van der Waals surface area (Å²) in [6, 6.07) is 0. The highest BCUT2D eigenvalue weighted by atomic mass is 35.5. The predicted molar refractivity (Wildman–Crippen MR) is 61.2 cm³/mol. The van der Waals surface area contributed by atoms with Crippen LogP contribution < -0.4 is 5.32 Å². The van der Waals surface area contributed by atoms with Crippen molar-refractivity contribution >= 4 is 17.5 Å². The molecule has 1 aromatic rings. The fraction of sp³-hybridized carbons (Fsp3) is 0.600. The third-order valence-corrected chi connectivity index (χ3v) is 3.28. The van der Waals surface area contributed by atoms with Gasteiger partial charge in [0.25, 0.3) is 0 Å². The number of piperazine rings is 1.